The van der Waals surface area contributed by atoms with E-state index in [2.05, 4.69) is 20.3 Å². The summed E-state index contributed by atoms with van der Waals surface area (Å²) < 4.78 is 0. The van der Waals surface area contributed by atoms with E-state index in [4.69, 9.17) is 11.6 Å². The number of anilines is 1. The molecule has 3 aromatic heterocycles. The summed E-state index contributed by atoms with van der Waals surface area (Å²) in [5.41, 5.74) is 4.41. The van der Waals surface area contributed by atoms with Crippen LogP contribution in [-0.2, 0) is 0 Å². The summed E-state index contributed by atoms with van der Waals surface area (Å²) in [7, 11) is 0. The summed E-state index contributed by atoms with van der Waals surface area (Å²) in [4.78, 5) is 25.5. The lowest BCUT2D eigenvalue weighted by Crippen LogP contribution is -2.12. The van der Waals surface area contributed by atoms with Gasteiger partial charge in [-0.25, -0.2) is 0 Å². The molecule has 1 aromatic carbocycles. The summed E-state index contributed by atoms with van der Waals surface area (Å²) in [5, 5.41) is 3.48. The summed E-state index contributed by atoms with van der Waals surface area (Å²) in [5.74, 6) is -0.256. The minimum Gasteiger partial charge on any atom is -0.321 e. The Bertz CT molecular complexity index is 1100. The predicted octanol–water partition coefficient (Wildman–Crippen LogP) is 5.11. The van der Waals surface area contributed by atoms with E-state index in [1.54, 1.807) is 43.1 Å². The van der Waals surface area contributed by atoms with Crippen molar-refractivity contribution >= 4 is 23.2 Å². The molecule has 4 aromatic rings. The Morgan fingerprint density at radius 3 is 2.29 bits per heavy atom. The van der Waals surface area contributed by atoms with E-state index in [1.165, 1.54) is 0 Å². The van der Waals surface area contributed by atoms with Gasteiger partial charge in [-0.15, -0.1) is 0 Å². The van der Waals surface area contributed by atoms with E-state index >= 15 is 0 Å². The molecule has 1 amide bonds. The number of nitrogens with one attached hydrogen (secondary N) is 1. The van der Waals surface area contributed by atoms with Crippen LogP contribution in [0.25, 0.3) is 22.4 Å². The molecule has 0 radical (unpaired) electrons. The van der Waals surface area contributed by atoms with Gasteiger partial charge in [0.25, 0.3) is 5.91 Å². The van der Waals surface area contributed by atoms with Crippen molar-refractivity contribution in [2.75, 3.05) is 5.32 Å². The Kier molecular flexibility index (Phi) is 5.08. The molecule has 0 aliphatic rings. The van der Waals surface area contributed by atoms with Crippen LogP contribution in [0.3, 0.4) is 0 Å². The Morgan fingerprint density at radius 1 is 0.857 bits per heavy atom. The fraction of sp³-hybridized carbons (Fsp3) is 0. The second-order valence-corrected chi connectivity index (χ2v) is 6.50. The molecular weight excluding hydrogens is 372 g/mol. The molecule has 0 spiro atoms. The molecule has 0 saturated carbocycles. The Balaban J connectivity index is 1.76. The third-order valence-corrected chi connectivity index (χ3v) is 4.41. The maximum absolute atomic E-state index is 12.7. The summed E-state index contributed by atoms with van der Waals surface area (Å²) in [6, 6.07) is 16.6. The highest BCUT2D eigenvalue weighted by atomic mass is 35.5. The summed E-state index contributed by atoms with van der Waals surface area (Å²) in [6.07, 6.45) is 8.26. The van der Waals surface area contributed by atoms with E-state index in [-0.39, 0.29) is 5.91 Å². The summed E-state index contributed by atoms with van der Waals surface area (Å²) >= 11 is 6.01. The highest BCUT2D eigenvalue weighted by molar-refractivity contribution is 6.30. The van der Waals surface area contributed by atoms with Gasteiger partial charge < -0.3 is 5.32 Å². The van der Waals surface area contributed by atoms with Crippen LogP contribution in [0.4, 0.5) is 5.69 Å². The molecule has 0 saturated heterocycles. The zero-order valence-corrected chi connectivity index (χ0v) is 15.5. The fourth-order valence-corrected chi connectivity index (χ4v) is 2.93. The molecule has 0 unspecified atom stereocenters. The molecule has 0 bridgehead atoms. The average molecular weight is 387 g/mol. The van der Waals surface area contributed by atoms with Gasteiger partial charge >= 0.3 is 0 Å². The van der Waals surface area contributed by atoms with Gasteiger partial charge in [0.1, 0.15) is 0 Å². The fourth-order valence-electron chi connectivity index (χ4n) is 2.81. The van der Waals surface area contributed by atoms with Crippen molar-refractivity contribution in [3.63, 3.8) is 0 Å². The van der Waals surface area contributed by atoms with Crippen molar-refractivity contribution in [2.24, 2.45) is 0 Å². The van der Waals surface area contributed by atoms with Gasteiger partial charge in [0.05, 0.1) is 23.1 Å². The van der Waals surface area contributed by atoms with E-state index in [1.807, 2.05) is 42.5 Å². The number of hydrogen-bond donors (Lipinski definition) is 1. The molecule has 1 N–H and O–H groups in total. The quantitative estimate of drug-likeness (QED) is 0.529. The molecule has 5 nitrogen and oxygen atoms in total. The molecule has 0 aliphatic heterocycles. The number of carbonyl (C=O) groups is 1. The van der Waals surface area contributed by atoms with Crippen LogP contribution in [0, 0.1) is 0 Å². The first-order valence-electron chi connectivity index (χ1n) is 8.58. The van der Waals surface area contributed by atoms with Gasteiger partial charge in [-0.3, -0.25) is 19.7 Å². The van der Waals surface area contributed by atoms with Crippen molar-refractivity contribution in [1.29, 1.82) is 0 Å². The van der Waals surface area contributed by atoms with E-state index < -0.39 is 0 Å². The molecule has 0 fully saturated rings. The number of halogens is 1. The highest BCUT2D eigenvalue weighted by Gasteiger charge is 2.14. The van der Waals surface area contributed by atoms with Crippen molar-refractivity contribution in [3.05, 3.63) is 96.2 Å². The lowest BCUT2D eigenvalue weighted by atomic mass is 9.99. The third-order valence-electron chi connectivity index (χ3n) is 4.16. The number of rotatable bonds is 4. The van der Waals surface area contributed by atoms with Gasteiger partial charge in [-0.1, -0.05) is 29.8 Å². The zero-order chi connectivity index (χ0) is 19.3. The van der Waals surface area contributed by atoms with Crippen LogP contribution in [-0.4, -0.2) is 20.9 Å². The highest BCUT2D eigenvalue weighted by Crippen LogP contribution is 2.31. The number of hydrogen-bond acceptors (Lipinski definition) is 4. The third kappa shape index (κ3) is 3.89. The second-order valence-electron chi connectivity index (χ2n) is 6.06. The van der Waals surface area contributed by atoms with Gasteiger partial charge in [-0.2, -0.15) is 0 Å². The van der Waals surface area contributed by atoms with Crippen molar-refractivity contribution in [3.8, 4) is 22.4 Å². The number of amides is 1. The molecule has 4 rings (SSSR count). The van der Waals surface area contributed by atoms with E-state index in [0.29, 0.717) is 16.3 Å². The molecule has 0 aliphatic carbocycles. The lowest BCUT2D eigenvalue weighted by molar-refractivity contribution is 0.102. The lowest BCUT2D eigenvalue weighted by Gasteiger charge is -2.12. The number of aromatic nitrogens is 3. The molecule has 3 heterocycles. The molecule has 6 heteroatoms. The van der Waals surface area contributed by atoms with Gasteiger partial charge in [0.15, 0.2) is 0 Å². The first-order valence-corrected chi connectivity index (χ1v) is 8.96. The van der Waals surface area contributed by atoms with Gasteiger partial charge in [0.2, 0.25) is 0 Å². The SMILES string of the molecule is O=C(Nc1cccnc1)c1cnc(-c2ccc(Cl)cc2)c(-c2cccnc2)c1. The van der Waals surface area contributed by atoms with Gasteiger partial charge in [0, 0.05) is 46.5 Å². The molecule has 0 atom stereocenters. The smallest absolute Gasteiger partial charge is 0.257 e. The Hall–Kier alpha value is -3.57. The van der Waals surface area contributed by atoms with Gasteiger partial charge in [-0.05, 0) is 36.4 Å². The Morgan fingerprint density at radius 2 is 1.61 bits per heavy atom. The standard InChI is InChI=1S/C22H15ClN4O/c23-18-7-5-15(6-8-18)21-20(16-3-1-9-24-12-16)11-17(13-26-21)22(28)27-19-4-2-10-25-14-19/h1-14H,(H,27,28). The maximum Gasteiger partial charge on any atom is 0.257 e. The van der Waals surface area contributed by atoms with Crippen LogP contribution >= 0.6 is 11.6 Å². The number of pyridine rings is 3. The topological polar surface area (TPSA) is 67.8 Å². The van der Waals surface area contributed by atoms with Crippen LogP contribution in [0.1, 0.15) is 10.4 Å². The summed E-state index contributed by atoms with van der Waals surface area (Å²) in [6.45, 7) is 0. The number of nitrogens with zero attached hydrogens (tertiary/aromatic N) is 3. The normalized spacial score (nSPS) is 10.5. The van der Waals surface area contributed by atoms with Crippen LogP contribution < -0.4 is 5.32 Å². The van der Waals surface area contributed by atoms with Crippen molar-refractivity contribution in [2.45, 2.75) is 0 Å². The zero-order valence-electron chi connectivity index (χ0n) is 14.7. The first-order chi connectivity index (χ1) is 13.7. The first kappa shape index (κ1) is 17.8. The van der Waals surface area contributed by atoms with Crippen LogP contribution in [0.2, 0.25) is 5.02 Å². The molecular formula is C22H15ClN4O. The van der Waals surface area contributed by atoms with E-state index in [0.717, 1.165) is 22.4 Å². The second kappa shape index (κ2) is 7.98. The van der Waals surface area contributed by atoms with Crippen molar-refractivity contribution in [1.82, 2.24) is 15.0 Å². The monoisotopic (exact) mass is 386 g/mol. The minimum absolute atomic E-state index is 0.256. The predicted molar refractivity (Wildman–Crippen MR) is 110 cm³/mol. The molecule has 28 heavy (non-hydrogen) atoms. The average Bonchev–Trinajstić information content (AvgIpc) is 2.75. The number of benzene rings is 1. The van der Waals surface area contributed by atoms with E-state index in [9.17, 15) is 4.79 Å². The minimum atomic E-state index is -0.256. The van der Waals surface area contributed by atoms with Crippen LogP contribution in [0.5, 0.6) is 0 Å². The van der Waals surface area contributed by atoms with Crippen LogP contribution in [0.15, 0.2) is 85.6 Å². The molecule has 136 valence electrons. The largest absolute Gasteiger partial charge is 0.321 e. The van der Waals surface area contributed by atoms with Crippen molar-refractivity contribution < 1.29 is 4.79 Å². The maximum atomic E-state index is 12.7. The number of carbonyl (C=O) groups excluding carboxylic acids is 1. The Labute approximate surface area is 167 Å².